The zero-order chi connectivity index (χ0) is 19.2. The number of nitrogens with one attached hydrogen (secondary N) is 1. The van der Waals surface area contributed by atoms with Crippen LogP contribution in [0.5, 0.6) is 0 Å². The topological polar surface area (TPSA) is 88.3 Å². The van der Waals surface area contributed by atoms with Gasteiger partial charge in [0.2, 0.25) is 17.7 Å². The van der Waals surface area contributed by atoms with Crippen molar-refractivity contribution < 1.29 is 14.0 Å². The Labute approximate surface area is 161 Å². The van der Waals surface area contributed by atoms with Gasteiger partial charge < -0.3 is 14.6 Å². The number of thioether (sulfide) groups is 1. The van der Waals surface area contributed by atoms with Gasteiger partial charge in [0.05, 0.1) is 18.8 Å². The van der Waals surface area contributed by atoms with E-state index in [4.69, 9.17) is 4.42 Å². The summed E-state index contributed by atoms with van der Waals surface area (Å²) in [5, 5.41) is 13.1. The first kappa shape index (κ1) is 20.4. The maximum Gasteiger partial charge on any atom is 0.277 e. The van der Waals surface area contributed by atoms with Crippen molar-refractivity contribution in [3.8, 4) is 0 Å². The predicted molar refractivity (Wildman–Crippen MR) is 102 cm³/mol. The monoisotopic (exact) mass is 396 g/mol. The van der Waals surface area contributed by atoms with E-state index in [9.17, 15) is 9.59 Å². The summed E-state index contributed by atoms with van der Waals surface area (Å²) in [6.45, 7) is 8.77. The normalized spacial score (nSPS) is 11.4. The third kappa shape index (κ3) is 6.14. The summed E-state index contributed by atoms with van der Waals surface area (Å²) in [7, 11) is 0. The number of aromatic nitrogens is 2. The van der Waals surface area contributed by atoms with Gasteiger partial charge in [0.15, 0.2) is 0 Å². The zero-order valence-electron chi connectivity index (χ0n) is 15.4. The average molecular weight is 397 g/mol. The minimum absolute atomic E-state index is 0.0400. The van der Waals surface area contributed by atoms with Crippen LogP contribution in [-0.4, -0.2) is 45.8 Å². The minimum Gasteiger partial charge on any atom is -0.415 e. The van der Waals surface area contributed by atoms with Gasteiger partial charge >= 0.3 is 0 Å². The fourth-order valence-electron chi connectivity index (χ4n) is 1.99. The quantitative estimate of drug-likeness (QED) is 0.690. The van der Waals surface area contributed by atoms with Crippen molar-refractivity contribution in [1.82, 2.24) is 20.4 Å². The molecule has 2 rings (SSSR count). The van der Waals surface area contributed by atoms with Crippen LogP contribution in [0.3, 0.4) is 0 Å². The molecule has 0 radical (unpaired) electrons. The van der Waals surface area contributed by atoms with Crippen molar-refractivity contribution in [2.45, 2.75) is 44.9 Å². The second-order valence-corrected chi connectivity index (χ2v) is 8.63. The van der Waals surface area contributed by atoms with E-state index in [1.165, 1.54) is 16.7 Å². The number of hydrogen-bond donors (Lipinski definition) is 1. The first-order chi connectivity index (χ1) is 12.3. The molecule has 0 aromatic carbocycles. The van der Waals surface area contributed by atoms with Gasteiger partial charge in [0.25, 0.3) is 5.22 Å². The Bertz CT molecular complexity index is 723. The Morgan fingerprint density at radius 3 is 2.69 bits per heavy atom. The van der Waals surface area contributed by atoms with E-state index < -0.39 is 0 Å². The van der Waals surface area contributed by atoms with Crippen LogP contribution in [0.2, 0.25) is 0 Å². The number of carbonyl (C=O) groups excluding carboxylic acids is 2. The molecule has 0 atom stereocenters. The summed E-state index contributed by atoms with van der Waals surface area (Å²) in [6, 6.07) is 3.90. The molecule has 0 fully saturated rings. The van der Waals surface area contributed by atoms with Crippen molar-refractivity contribution in [3.05, 3.63) is 28.3 Å². The Morgan fingerprint density at radius 2 is 2.12 bits per heavy atom. The number of hydrogen-bond acceptors (Lipinski definition) is 7. The molecular weight excluding hydrogens is 372 g/mol. The zero-order valence-corrected chi connectivity index (χ0v) is 17.1. The summed E-state index contributed by atoms with van der Waals surface area (Å²) >= 11 is 2.77. The SMILES string of the molecule is CCN(CC(=O)NCc1cccs1)C(=O)CSc1nnc(C(C)(C)C)o1. The average Bonchev–Trinajstić information content (AvgIpc) is 3.26. The number of rotatable bonds is 8. The van der Waals surface area contributed by atoms with Crippen LogP contribution in [0.4, 0.5) is 0 Å². The summed E-state index contributed by atoms with van der Waals surface area (Å²) in [4.78, 5) is 27.0. The van der Waals surface area contributed by atoms with Gasteiger partial charge in [-0.05, 0) is 18.4 Å². The Balaban J connectivity index is 1.80. The summed E-state index contributed by atoms with van der Waals surface area (Å²) in [5.41, 5.74) is -0.230. The second kappa shape index (κ2) is 9.18. The summed E-state index contributed by atoms with van der Waals surface area (Å²) in [5.74, 6) is 0.371. The fourth-order valence-corrected chi connectivity index (χ4v) is 3.30. The molecule has 7 nitrogen and oxygen atoms in total. The van der Waals surface area contributed by atoms with Gasteiger partial charge in [0, 0.05) is 16.8 Å². The third-order valence-corrected chi connectivity index (χ3v) is 5.16. The molecule has 1 N–H and O–H groups in total. The number of thiophene rings is 1. The molecule has 26 heavy (non-hydrogen) atoms. The highest BCUT2D eigenvalue weighted by atomic mass is 32.2. The fraction of sp³-hybridized carbons (Fsp3) is 0.529. The van der Waals surface area contributed by atoms with Crippen LogP contribution >= 0.6 is 23.1 Å². The van der Waals surface area contributed by atoms with E-state index >= 15 is 0 Å². The molecule has 2 aromatic heterocycles. The smallest absolute Gasteiger partial charge is 0.277 e. The first-order valence-corrected chi connectivity index (χ1v) is 10.2. The van der Waals surface area contributed by atoms with Crippen LogP contribution in [0.25, 0.3) is 0 Å². The van der Waals surface area contributed by atoms with Crippen LogP contribution in [0.1, 0.15) is 38.5 Å². The summed E-state index contributed by atoms with van der Waals surface area (Å²) < 4.78 is 5.56. The molecule has 9 heteroatoms. The lowest BCUT2D eigenvalue weighted by Gasteiger charge is -2.19. The van der Waals surface area contributed by atoms with Crippen LogP contribution in [0, 0.1) is 0 Å². The molecule has 2 heterocycles. The molecule has 2 amide bonds. The molecule has 142 valence electrons. The molecule has 0 aliphatic carbocycles. The Kier molecular flexibility index (Phi) is 7.22. The highest BCUT2D eigenvalue weighted by Gasteiger charge is 2.22. The lowest BCUT2D eigenvalue weighted by molar-refractivity contribution is -0.133. The first-order valence-electron chi connectivity index (χ1n) is 8.33. The molecule has 0 aliphatic rings. The molecule has 0 spiro atoms. The third-order valence-electron chi connectivity index (χ3n) is 3.48. The van der Waals surface area contributed by atoms with E-state index in [1.807, 2.05) is 45.2 Å². The van der Waals surface area contributed by atoms with Gasteiger partial charge in [-0.25, -0.2) is 0 Å². The van der Waals surface area contributed by atoms with E-state index in [-0.39, 0.29) is 29.5 Å². The Hall–Kier alpha value is -1.87. The number of nitrogens with zero attached hydrogens (tertiary/aromatic N) is 3. The molecule has 0 aliphatic heterocycles. The predicted octanol–water partition coefficient (Wildman–Crippen LogP) is 2.69. The maximum absolute atomic E-state index is 12.4. The Morgan fingerprint density at radius 1 is 1.35 bits per heavy atom. The summed E-state index contributed by atoms with van der Waals surface area (Å²) in [6.07, 6.45) is 0. The molecule has 0 bridgehead atoms. The number of amides is 2. The van der Waals surface area contributed by atoms with Crippen LogP contribution in [-0.2, 0) is 21.5 Å². The van der Waals surface area contributed by atoms with Gasteiger partial charge in [-0.2, -0.15) is 0 Å². The highest BCUT2D eigenvalue weighted by molar-refractivity contribution is 7.99. The number of likely N-dealkylation sites (N-methyl/N-ethyl adjacent to an activating group) is 1. The van der Waals surface area contributed by atoms with Crippen molar-refractivity contribution in [1.29, 1.82) is 0 Å². The van der Waals surface area contributed by atoms with Gasteiger partial charge in [-0.15, -0.1) is 21.5 Å². The van der Waals surface area contributed by atoms with Crippen molar-refractivity contribution in [2.75, 3.05) is 18.8 Å². The minimum atomic E-state index is -0.230. The molecule has 0 saturated heterocycles. The molecule has 0 unspecified atom stereocenters. The largest absolute Gasteiger partial charge is 0.415 e. The van der Waals surface area contributed by atoms with E-state index in [1.54, 1.807) is 11.3 Å². The number of carbonyl (C=O) groups is 2. The molecule has 0 saturated carbocycles. The van der Waals surface area contributed by atoms with Gasteiger partial charge in [-0.3, -0.25) is 9.59 Å². The van der Waals surface area contributed by atoms with E-state index in [0.717, 1.165) is 4.88 Å². The highest BCUT2D eigenvalue weighted by Crippen LogP contribution is 2.24. The van der Waals surface area contributed by atoms with E-state index in [2.05, 4.69) is 15.5 Å². The van der Waals surface area contributed by atoms with Crippen molar-refractivity contribution in [2.24, 2.45) is 0 Å². The molecule has 2 aromatic rings. The van der Waals surface area contributed by atoms with E-state index in [0.29, 0.717) is 24.2 Å². The lowest BCUT2D eigenvalue weighted by atomic mass is 9.97. The van der Waals surface area contributed by atoms with Crippen molar-refractivity contribution in [3.63, 3.8) is 0 Å². The van der Waals surface area contributed by atoms with Crippen LogP contribution < -0.4 is 5.32 Å². The van der Waals surface area contributed by atoms with Crippen LogP contribution in [0.15, 0.2) is 27.2 Å². The van der Waals surface area contributed by atoms with Crippen molar-refractivity contribution >= 4 is 34.9 Å². The second-order valence-electron chi connectivity index (χ2n) is 6.68. The maximum atomic E-state index is 12.4. The standard InChI is InChI=1S/C17H24N4O3S2/c1-5-21(10-13(22)18-9-12-7-6-8-25-12)14(23)11-26-16-20-19-15(24-16)17(2,3)4/h6-8H,5,9-11H2,1-4H3,(H,18,22). The lowest BCUT2D eigenvalue weighted by Crippen LogP contribution is -2.41. The van der Waals surface area contributed by atoms with Gasteiger partial charge in [-0.1, -0.05) is 38.6 Å². The van der Waals surface area contributed by atoms with Gasteiger partial charge in [0.1, 0.15) is 0 Å². The molecular formula is C17H24N4O3S2.